The molecule has 4 nitrogen and oxygen atoms in total. The first-order valence-corrected chi connectivity index (χ1v) is 4.45. The van der Waals surface area contributed by atoms with Crippen molar-refractivity contribution >= 4 is 5.91 Å². The van der Waals surface area contributed by atoms with Crippen LogP contribution < -0.4 is 5.73 Å². The maximum absolute atomic E-state index is 11.2. The van der Waals surface area contributed by atoms with Crippen molar-refractivity contribution in [2.45, 2.75) is 32.3 Å². The molecule has 1 saturated heterocycles. The zero-order valence-corrected chi connectivity index (χ0v) is 7.45. The van der Waals surface area contributed by atoms with E-state index in [1.165, 1.54) is 5.06 Å². The molecule has 1 heterocycles. The van der Waals surface area contributed by atoms with Gasteiger partial charge in [0.05, 0.1) is 12.5 Å². The minimum Gasteiger partial charge on any atom is -0.330 e. The van der Waals surface area contributed by atoms with Crippen LogP contribution in [-0.2, 0) is 9.63 Å². The van der Waals surface area contributed by atoms with Crippen molar-refractivity contribution in [1.82, 2.24) is 5.06 Å². The third-order valence-corrected chi connectivity index (χ3v) is 1.98. The summed E-state index contributed by atoms with van der Waals surface area (Å²) in [5.41, 5.74) is 5.33. The second-order valence-electron chi connectivity index (χ2n) is 2.98. The fourth-order valence-corrected chi connectivity index (χ4v) is 1.20. The lowest BCUT2D eigenvalue weighted by atomic mass is 10.2. The molecule has 1 amide bonds. The predicted octanol–water partition coefficient (Wildman–Crippen LogP) is 0.278. The first-order valence-electron chi connectivity index (χ1n) is 4.45. The molecule has 0 saturated carbocycles. The Balaban J connectivity index is 2.31. The smallest absolute Gasteiger partial charge is 0.248 e. The molecule has 1 aliphatic rings. The van der Waals surface area contributed by atoms with Crippen molar-refractivity contribution in [2.24, 2.45) is 5.73 Å². The third-order valence-electron chi connectivity index (χ3n) is 1.98. The summed E-state index contributed by atoms with van der Waals surface area (Å²) in [4.78, 5) is 16.6. The van der Waals surface area contributed by atoms with Crippen molar-refractivity contribution in [3.05, 3.63) is 0 Å². The molecule has 4 heteroatoms. The molecule has 0 spiro atoms. The molecule has 70 valence electrons. The van der Waals surface area contributed by atoms with Crippen molar-refractivity contribution in [2.75, 3.05) is 13.1 Å². The van der Waals surface area contributed by atoms with E-state index in [9.17, 15) is 4.79 Å². The summed E-state index contributed by atoms with van der Waals surface area (Å²) in [5, 5.41) is 1.45. The standard InChI is InChI=1S/C8H16N2O2/c1-2-7-6-8(11)10(12-7)5-3-4-9/h7H,2-6,9H2,1H3. The quantitative estimate of drug-likeness (QED) is 0.662. The van der Waals surface area contributed by atoms with Crippen LogP contribution in [0.15, 0.2) is 0 Å². The Morgan fingerprint density at radius 2 is 2.50 bits per heavy atom. The lowest BCUT2D eigenvalue weighted by Gasteiger charge is -2.14. The first kappa shape index (κ1) is 9.48. The number of hydroxylamine groups is 2. The SMILES string of the molecule is CCC1CC(=O)N(CCCN)O1. The van der Waals surface area contributed by atoms with Gasteiger partial charge in [0, 0.05) is 6.54 Å². The topological polar surface area (TPSA) is 55.6 Å². The van der Waals surface area contributed by atoms with Gasteiger partial charge in [-0.15, -0.1) is 0 Å². The largest absolute Gasteiger partial charge is 0.330 e. The van der Waals surface area contributed by atoms with E-state index in [4.69, 9.17) is 10.6 Å². The second kappa shape index (κ2) is 4.42. The van der Waals surface area contributed by atoms with Crippen LogP contribution in [0, 0.1) is 0 Å². The molecule has 1 atom stereocenters. The molecule has 1 unspecified atom stereocenters. The summed E-state index contributed by atoms with van der Waals surface area (Å²) in [6, 6.07) is 0. The van der Waals surface area contributed by atoms with Crippen LogP contribution in [0.1, 0.15) is 26.2 Å². The van der Waals surface area contributed by atoms with Crippen molar-refractivity contribution in [3.8, 4) is 0 Å². The highest BCUT2D eigenvalue weighted by Gasteiger charge is 2.28. The molecule has 0 aliphatic carbocycles. The Hall–Kier alpha value is -0.610. The lowest BCUT2D eigenvalue weighted by molar-refractivity contribution is -0.173. The van der Waals surface area contributed by atoms with Gasteiger partial charge in [-0.3, -0.25) is 9.63 Å². The Morgan fingerprint density at radius 3 is 3.00 bits per heavy atom. The van der Waals surface area contributed by atoms with E-state index in [0.29, 0.717) is 19.5 Å². The number of amides is 1. The minimum absolute atomic E-state index is 0.0928. The van der Waals surface area contributed by atoms with Gasteiger partial charge in [-0.2, -0.15) is 0 Å². The van der Waals surface area contributed by atoms with Crippen LogP contribution in [0.2, 0.25) is 0 Å². The van der Waals surface area contributed by atoms with Gasteiger partial charge < -0.3 is 5.73 Å². The average molecular weight is 172 g/mol. The Morgan fingerprint density at radius 1 is 1.75 bits per heavy atom. The fourth-order valence-electron chi connectivity index (χ4n) is 1.20. The number of rotatable bonds is 4. The number of hydrogen-bond donors (Lipinski definition) is 1. The zero-order valence-electron chi connectivity index (χ0n) is 7.45. The molecule has 2 N–H and O–H groups in total. The molecule has 0 bridgehead atoms. The van der Waals surface area contributed by atoms with Gasteiger partial charge in [-0.05, 0) is 19.4 Å². The fraction of sp³-hybridized carbons (Fsp3) is 0.875. The normalized spacial score (nSPS) is 23.7. The average Bonchev–Trinajstić information content (AvgIpc) is 2.43. The van der Waals surface area contributed by atoms with Crippen molar-refractivity contribution in [1.29, 1.82) is 0 Å². The summed E-state index contributed by atoms with van der Waals surface area (Å²) in [7, 11) is 0. The number of carbonyl (C=O) groups is 1. The number of carbonyl (C=O) groups excluding carboxylic acids is 1. The maximum atomic E-state index is 11.2. The van der Waals surface area contributed by atoms with Gasteiger partial charge >= 0.3 is 0 Å². The molecule has 12 heavy (non-hydrogen) atoms. The number of nitrogens with two attached hydrogens (primary N) is 1. The van der Waals surface area contributed by atoms with Gasteiger partial charge in [0.25, 0.3) is 0 Å². The molecule has 0 aromatic carbocycles. The van der Waals surface area contributed by atoms with E-state index in [1.807, 2.05) is 6.92 Å². The summed E-state index contributed by atoms with van der Waals surface area (Å²) in [5.74, 6) is 0.0929. The van der Waals surface area contributed by atoms with Crippen LogP contribution >= 0.6 is 0 Å². The molecular weight excluding hydrogens is 156 g/mol. The third kappa shape index (κ3) is 2.19. The van der Waals surface area contributed by atoms with Crippen LogP contribution in [0.5, 0.6) is 0 Å². The summed E-state index contributed by atoms with van der Waals surface area (Å²) in [6.45, 7) is 3.25. The Bertz CT molecular complexity index is 161. The molecule has 1 aliphatic heterocycles. The molecule has 0 aromatic rings. The number of hydrogen-bond acceptors (Lipinski definition) is 3. The first-order chi connectivity index (χ1) is 5.77. The lowest BCUT2D eigenvalue weighted by Crippen LogP contribution is -2.26. The summed E-state index contributed by atoms with van der Waals surface area (Å²) < 4.78 is 0. The van der Waals surface area contributed by atoms with Crippen LogP contribution in [0.4, 0.5) is 0 Å². The molecular formula is C8H16N2O2. The van der Waals surface area contributed by atoms with Crippen molar-refractivity contribution in [3.63, 3.8) is 0 Å². The maximum Gasteiger partial charge on any atom is 0.248 e. The van der Waals surface area contributed by atoms with Crippen LogP contribution in [0.25, 0.3) is 0 Å². The highest BCUT2D eigenvalue weighted by atomic mass is 16.7. The summed E-state index contributed by atoms with van der Waals surface area (Å²) in [6.07, 6.45) is 2.32. The van der Waals surface area contributed by atoms with Gasteiger partial charge in [-0.1, -0.05) is 6.92 Å². The molecule has 1 rings (SSSR count). The van der Waals surface area contributed by atoms with E-state index >= 15 is 0 Å². The highest BCUT2D eigenvalue weighted by molar-refractivity contribution is 5.77. The van der Waals surface area contributed by atoms with E-state index < -0.39 is 0 Å². The minimum atomic E-state index is 0.0928. The van der Waals surface area contributed by atoms with Crippen LogP contribution in [0.3, 0.4) is 0 Å². The molecule has 0 aromatic heterocycles. The monoisotopic (exact) mass is 172 g/mol. The highest BCUT2D eigenvalue weighted by Crippen LogP contribution is 2.17. The summed E-state index contributed by atoms with van der Waals surface area (Å²) >= 11 is 0. The van der Waals surface area contributed by atoms with Crippen molar-refractivity contribution < 1.29 is 9.63 Å². The van der Waals surface area contributed by atoms with Gasteiger partial charge in [0.15, 0.2) is 0 Å². The number of nitrogens with zero attached hydrogens (tertiary/aromatic N) is 1. The Labute approximate surface area is 72.6 Å². The van der Waals surface area contributed by atoms with Crippen LogP contribution in [-0.4, -0.2) is 30.2 Å². The van der Waals surface area contributed by atoms with Gasteiger partial charge in [0.1, 0.15) is 0 Å². The Kier molecular flexibility index (Phi) is 3.49. The molecule has 1 fully saturated rings. The van der Waals surface area contributed by atoms with E-state index in [1.54, 1.807) is 0 Å². The van der Waals surface area contributed by atoms with E-state index in [2.05, 4.69) is 0 Å². The van der Waals surface area contributed by atoms with Gasteiger partial charge in [0.2, 0.25) is 5.91 Å². The van der Waals surface area contributed by atoms with E-state index in [0.717, 1.165) is 12.8 Å². The van der Waals surface area contributed by atoms with Gasteiger partial charge in [-0.25, -0.2) is 5.06 Å². The second-order valence-corrected chi connectivity index (χ2v) is 2.98. The van der Waals surface area contributed by atoms with E-state index in [-0.39, 0.29) is 12.0 Å². The zero-order chi connectivity index (χ0) is 8.97. The molecule has 0 radical (unpaired) electrons. The predicted molar refractivity (Wildman–Crippen MR) is 45.2 cm³/mol.